The van der Waals surface area contributed by atoms with Crippen LogP contribution in [0.15, 0.2) is 24.3 Å². The number of benzene rings is 1. The molecule has 0 radical (unpaired) electrons. The largest absolute Gasteiger partial charge is 0.343 e. The molecular weight excluding hydrogens is 308 g/mol. The monoisotopic (exact) mass is 336 g/mol. The maximum atomic E-state index is 11.9. The molecule has 0 heterocycles. The number of carbonyl (C=O) groups is 2. The average molecular weight is 337 g/mol. The summed E-state index contributed by atoms with van der Waals surface area (Å²) in [4.78, 5) is 25.6. The van der Waals surface area contributed by atoms with Gasteiger partial charge in [-0.1, -0.05) is 32.9 Å². The van der Waals surface area contributed by atoms with Crippen molar-refractivity contribution in [2.75, 3.05) is 29.9 Å². The molecule has 0 saturated carbocycles. The van der Waals surface area contributed by atoms with Gasteiger partial charge in [0.1, 0.15) is 0 Å². The third-order valence-corrected chi connectivity index (χ3v) is 4.53. The van der Waals surface area contributed by atoms with Crippen molar-refractivity contribution in [3.8, 4) is 0 Å². The van der Waals surface area contributed by atoms with Crippen LogP contribution in [0.2, 0.25) is 0 Å². The summed E-state index contributed by atoms with van der Waals surface area (Å²) in [6.07, 6.45) is 0. The molecule has 1 aromatic rings. The maximum Gasteiger partial charge on any atom is 0.234 e. The molecule has 2 amide bonds. The van der Waals surface area contributed by atoms with Gasteiger partial charge < -0.3 is 10.2 Å². The minimum atomic E-state index is -0.0779. The summed E-state index contributed by atoms with van der Waals surface area (Å²) in [7, 11) is 0. The molecule has 1 rings (SSSR count). The van der Waals surface area contributed by atoms with Crippen LogP contribution in [0.5, 0.6) is 0 Å². The summed E-state index contributed by atoms with van der Waals surface area (Å²) in [6, 6.07) is 7.91. The predicted octanol–water partition coefficient (Wildman–Crippen LogP) is 3.52. The molecule has 5 heteroatoms. The molecule has 0 aliphatic rings. The molecule has 0 spiro atoms. The van der Waals surface area contributed by atoms with E-state index in [1.807, 2.05) is 38.1 Å². The zero-order valence-corrected chi connectivity index (χ0v) is 15.6. The Bertz CT molecular complexity index is 517. The van der Waals surface area contributed by atoms with Gasteiger partial charge in [0.25, 0.3) is 0 Å². The van der Waals surface area contributed by atoms with Gasteiger partial charge >= 0.3 is 0 Å². The molecule has 23 heavy (non-hydrogen) atoms. The number of nitrogens with one attached hydrogen (secondary N) is 1. The molecule has 0 unspecified atom stereocenters. The number of carbonyl (C=O) groups excluding carboxylic acids is 2. The standard InChI is InChI=1S/C18H28N2O2S/c1-6-20(7-2)17(22)13-23-12-16(21)19-15-10-8-14(9-11-15)18(3,4)5/h8-11H,6-7,12-13H2,1-5H3,(H,19,21). The average Bonchev–Trinajstić information content (AvgIpc) is 2.48. The summed E-state index contributed by atoms with van der Waals surface area (Å²) >= 11 is 1.35. The highest BCUT2D eigenvalue weighted by molar-refractivity contribution is 8.00. The summed E-state index contributed by atoms with van der Waals surface area (Å²) in [5, 5.41) is 2.87. The third-order valence-electron chi connectivity index (χ3n) is 3.61. The topological polar surface area (TPSA) is 49.4 Å². The van der Waals surface area contributed by atoms with Crippen LogP contribution in [-0.4, -0.2) is 41.3 Å². The van der Waals surface area contributed by atoms with Gasteiger partial charge in [0, 0.05) is 18.8 Å². The molecule has 1 aromatic carbocycles. The van der Waals surface area contributed by atoms with Gasteiger partial charge in [-0.15, -0.1) is 11.8 Å². The first kappa shape index (κ1) is 19.6. The van der Waals surface area contributed by atoms with Crippen LogP contribution in [0, 0.1) is 0 Å². The molecule has 0 atom stereocenters. The van der Waals surface area contributed by atoms with Crippen molar-refractivity contribution in [1.29, 1.82) is 0 Å². The Morgan fingerprint density at radius 1 is 1.04 bits per heavy atom. The van der Waals surface area contributed by atoms with Crippen LogP contribution in [-0.2, 0) is 15.0 Å². The van der Waals surface area contributed by atoms with E-state index in [1.54, 1.807) is 4.90 Å². The zero-order chi connectivity index (χ0) is 17.5. The van der Waals surface area contributed by atoms with Gasteiger partial charge in [-0.25, -0.2) is 0 Å². The summed E-state index contributed by atoms with van der Waals surface area (Å²) in [5.41, 5.74) is 2.12. The zero-order valence-electron chi connectivity index (χ0n) is 14.8. The molecule has 0 aliphatic heterocycles. The van der Waals surface area contributed by atoms with E-state index in [1.165, 1.54) is 17.3 Å². The lowest BCUT2D eigenvalue weighted by atomic mass is 9.87. The van der Waals surface area contributed by atoms with Crippen LogP contribution in [0.25, 0.3) is 0 Å². The first-order valence-corrected chi connectivity index (χ1v) is 9.19. The van der Waals surface area contributed by atoms with Crippen LogP contribution in [0.4, 0.5) is 5.69 Å². The van der Waals surface area contributed by atoms with Gasteiger partial charge in [-0.05, 0) is 37.0 Å². The van der Waals surface area contributed by atoms with Crippen molar-refractivity contribution in [3.05, 3.63) is 29.8 Å². The Morgan fingerprint density at radius 2 is 1.61 bits per heavy atom. The van der Waals surface area contributed by atoms with Crippen molar-refractivity contribution in [1.82, 2.24) is 4.90 Å². The Balaban J connectivity index is 2.41. The minimum absolute atomic E-state index is 0.0779. The molecule has 0 aliphatic carbocycles. The van der Waals surface area contributed by atoms with E-state index in [4.69, 9.17) is 0 Å². The molecule has 0 bridgehead atoms. The fraction of sp³-hybridized carbons (Fsp3) is 0.556. The van der Waals surface area contributed by atoms with E-state index in [0.717, 1.165) is 5.69 Å². The second-order valence-electron chi connectivity index (χ2n) is 6.43. The first-order chi connectivity index (χ1) is 10.8. The number of amides is 2. The van der Waals surface area contributed by atoms with Crippen LogP contribution >= 0.6 is 11.8 Å². The van der Waals surface area contributed by atoms with Crippen molar-refractivity contribution in [3.63, 3.8) is 0 Å². The fourth-order valence-corrected chi connectivity index (χ4v) is 2.87. The minimum Gasteiger partial charge on any atom is -0.343 e. The van der Waals surface area contributed by atoms with Crippen molar-refractivity contribution in [2.24, 2.45) is 0 Å². The lowest BCUT2D eigenvalue weighted by molar-refractivity contribution is -0.127. The number of rotatable bonds is 7. The molecule has 128 valence electrons. The molecule has 1 N–H and O–H groups in total. The van der Waals surface area contributed by atoms with E-state index in [9.17, 15) is 9.59 Å². The Kier molecular flexibility index (Phi) is 7.62. The normalized spacial score (nSPS) is 11.2. The quantitative estimate of drug-likeness (QED) is 0.829. The van der Waals surface area contributed by atoms with Gasteiger partial charge in [-0.2, -0.15) is 0 Å². The highest BCUT2D eigenvalue weighted by Crippen LogP contribution is 2.23. The second kappa shape index (κ2) is 8.96. The number of hydrogen-bond acceptors (Lipinski definition) is 3. The number of nitrogens with zero attached hydrogens (tertiary/aromatic N) is 1. The molecular formula is C18H28N2O2S. The van der Waals surface area contributed by atoms with Crippen molar-refractivity contribution >= 4 is 29.3 Å². The fourth-order valence-electron chi connectivity index (χ4n) is 2.15. The SMILES string of the molecule is CCN(CC)C(=O)CSCC(=O)Nc1ccc(C(C)(C)C)cc1. The Hall–Kier alpha value is -1.49. The van der Waals surface area contributed by atoms with Crippen LogP contribution in [0.3, 0.4) is 0 Å². The third kappa shape index (κ3) is 6.65. The highest BCUT2D eigenvalue weighted by atomic mass is 32.2. The van der Waals surface area contributed by atoms with E-state index in [-0.39, 0.29) is 23.0 Å². The molecule has 0 aromatic heterocycles. The Labute approximate surface area is 144 Å². The predicted molar refractivity (Wildman–Crippen MR) is 99.0 cm³/mol. The summed E-state index contributed by atoms with van der Waals surface area (Å²) in [5.74, 6) is 0.639. The van der Waals surface area contributed by atoms with Crippen LogP contribution in [0.1, 0.15) is 40.2 Å². The van der Waals surface area contributed by atoms with Gasteiger partial charge in [-0.3, -0.25) is 9.59 Å². The molecule has 0 saturated heterocycles. The summed E-state index contributed by atoms with van der Waals surface area (Å²) in [6.45, 7) is 11.8. The molecule has 4 nitrogen and oxygen atoms in total. The summed E-state index contributed by atoms with van der Waals surface area (Å²) < 4.78 is 0. The number of thioether (sulfide) groups is 1. The van der Waals surface area contributed by atoms with Crippen molar-refractivity contribution in [2.45, 2.75) is 40.0 Å². The highest BCUT2D eigenvalue weighted by Gasteiger charge is 2.14. The lowest BCUT2D eigenvalue weighted by Crippen LogP contribution is -2.32. The first-order valence-electron chi connectivity index (χ1n) is 8.03. The van der Waals surface area contributed by atoms with Crippen LogP contribution < -0.4 is 5.32 Å². The van der Waals surface area contributed by atoms with E-state index in [0.29, 0.717) is 18.8 Å². The smallest absolute Gasteiger partial charge is 0.234 e. The van der Waals surface area contributed by atoms with Gasteiger partial charge in [0.05, 0.1) is 11.5 Å². The van der Waals surface area contributed by atoms with Crippen molar-refractivity contribution < 1.29 is 9.59 Å². The maximum absolute atomic E-state index is 11.9. The number of anilines is 1. The van der Waals surface area contributed by atoms with Gasteiger partial charge in [0.2, 0.25) is 11.8 Å². The van der Waals surface area contributed by atoms with Gasteiger partial charge in [0.15, 0.2) is 0 Å². The van der Waals surface area contributed by atoms with E-state index < -0.39 is 0 Å². The lowest BCUT2D eigenvalue weighted by Gasteiger charge is -2.19. The molecule has 0 fully saturated rings. The second-order valence-corrected chi connectivity index (χ2v) is 7.42. The Morgan fingerprint density at radius 3 is 2.09 bits per heavy atom. The van der Waals surface area contributed by atoms with E-state index in [2.05, 4.69) is 26.1 Å². The number of hydrogen-bond donors (Lipinski definition) is 1. The van der Waals surface area contributed by atoms with E-state index >= 15 is 0 Å².